The number of benzene rings is 2. The molecule has 0 bridgehead atoms. The fourth-order valence-electron chi connectivity index (χ4n) is 2.42. The van der Waals surface area contributed by atoms with E-state index in [2.05, 4.69) is 10.3 Å². The first-order valence-corrected chi connectivity index (χ1v) is 7.79. The van der Waals surface area contributed by atoms with E-state index in [0.717, 1.165) is 5.56 Å². The highest BCUT2D eigenvalue weighted by Gasteiger charge is 2.10. The average molecular weight is 339 g/mol. The van der Waals surface area contributed by atoms with Gasteiger partial charge < -0.3 is 9.47 Å². The molecule has 3 rings (SSSR count). The lowest BCUT2D eigenvalue weighted by atomic mass is 10.2. The number of nitrogens with zero attached hydrogens (tertiary/aromatic N) is 3. The first-order valence-electron chi connectivity index (χ1n) is 7.79. The molecule has 1 aromatic heterocycles. The minimum atomic E-state index is -0.423. The Morgan fingerprint density at radius 3 is 2.72 bits per heavy atom. The SMILES string of the molecule is COc1ccccc1COC(=O)CCn1nnc2ccccc2c1=O. The minimum absolute atomic E-state index is 0.0298. The van der Waals surface area contributed by atoms with Gasteiger partial charge in [0.1, 0.15) is 17.9 Å². The second-order valence-electron chi connectivity index (χ2n) is 5.36. The molecule has 0 aliphatic heterocycles. The van der Waals surface area contributed by atoms with Crippen molar-refractivity contribution >= 4 is 16.9 Å². The van der Waals surface area contributed by atoms with E-state index in [1.54, 1.807) is 37.4 Å². The van der Waals surface area contributed by atoms with Crippen molar-refractivity contribution in [3.63, 3.8) is 0 Å². The van der Waals surface area contributed by atoms with Gasteiger partial charge in [0.05, 0.1) is 25.5 Å². The van der Waals surface area contributed by atoms with Gasteiger partial charge in [-0.25, -0.2) is 4.68 Å². The van der Waals surface area contributed by atoms with Crippen molar-refractivity contribution in [1.29, 1.82) is 0 Å². The van der Waals surface area contributed by atoms with Crippen molar-refractivity contribution in [3.05, 3.63) is 64.4 Å². The van der Waals surface area contributed by atoms with Crippen LogP contribution < -0.4 is 10.3 Å². The Morgan fingerprint density at radius 1 is 1.12 bits per heavy atom. The van der Waals surface area contributed by atoms with Crippen LogP contribution in [0.4, 0.5) is 0 Å². The van der Waals surface area contributed by atoms with E-state index in [4.69, 9.17) is 9.47 Å². The fraction of sp³-hybridized carbons (Fsp3) is 0.222. The highest BCUT2D eigenvalue weighted by molar-refractivity contribution is 5.76. The van der Waals surface area contributed by atoms with Gasteiger partial charge in [-0.3, -0.25) is 9.59 Å². The zero-order chi connectivity index (χ0) is 17.6. The smallest absolute Gasteiger partial charge is 0.308 e. The Balaban J connectivity index is 1.61. The van der Waals surface area contributed by atoms with E-state index in [1.165, 1.54) is 4.68 Å². The number of esters is 1. The third-order valence-electron chi connectivity index (χ3n) is 3.74. The summed E-state index contributed by atoms with van der Waals surface area (Å²) < 4.78 is 11.6. The molecule has 0 saturated heterocycles. The first kappa shape index (κ1) is 16.6. The van der Waals surface area contributed by atoms with Crippen LogP contribution in [0, 0.1) is 0 Å². The lowest BCUT2D eigenvalue weighted by Gasteiger charge is -2.09. The number of para-hydroxylation sites is 1. The standard InChI is InChI=1S/C18H17N3O4/c1-24-16-9-5-2-6-13(16)12-25-17(22)10-11-21-18(23)14-7-3-4-8-15(14)19-20-21/h2-9H,10-12H2,1H3. The monoisotopic (exact) mass is 339 g/mol. The molecule has 0 saturated carbocycles. The first-order chi connectivity index (χ1) is 12.2. The number of ether oxygens (including phenoxy) is 2. The van der Waals surface area contributed by atoms with Crippen molar-refractivity contribution in [3.8, 4) is 5.75 Å². The predicted octanol–water partition coefficient (Wildman–Crippen LogP) is 1.93. The van der Waals surface area contributed by atoms with E-state index in [0.29, 0.717) is 16.7 Å². The lowest BCUT2D eigenvalue weighted by molar-refractivity contribution is -0.145. The molecule has 1 heterocycles. The van der Waals surface area contributed by atoms with Crippen LogP contribution in [-0.4, -0.2) is 28.1 Å². The van der Waals surface area contributed by atoms with Crippen LogP contribution in [0.25, 0.3) is 10.9 Å². The molecule has 0 atom stereocenters. The maximum Gasteiger partial charge on any atom is 0.308 e. The average Bonchev–Trinajstić information content (AvgIpc) is 2.66. The number of methoxy groups -OCH3 is 1. The molecule has 0 radical (unpaired) electrons. The van der Waals surface area contributed by atoms with Crippen LogP contribution >= 0.6 is 0 Å². The number of aryl methyl sites for hydroxylation is 1. The topological polar surface area (TPSA) is 83.3 Å². The van der Waals surface area contributed by atoms with E-state index >= 15 is 0 Å². The van der Waals surface area contributed by atoms with Crippen molar-refractivity contribution in [2.24, 2.45) is 0 Å². The number of rotatable bonds is 6. The molecular formula is C18H17N3O4. The normalized spacial score (nSPS) is 10.6. The van der Waals surface area contributed by atoms with E-state index < -0.39 is 5.97 Å². The molecule has 0 amide bonds. The summed E-state index contributed by atoms with van der Waals surface area (Å²) in [5.41, 5.74) is 1.03. The molecule has 25 heavy (non-hydrogen) atoms. The molecule has 0 unspecified atom stereocenters. The molecule has 2 aromatic carbocycles. The summed E-state index contributed by atoms with van der Waals surface area (Å²) in [5, 5.41) is 8.30. The van der Waals surface area contributed by atoms with E-state index in [-0.39, 0.29) is 25.1 Å². The number of fused-ring (bicyclic) bond motifs is 1. The fourth-order valence-corrected chi connectivity index (χ4v) is 2.42. The van der Waals surface area contributed by atoms with E-state index in [9.17, 15) is 9.59 Å². The molecule has 7 heteroatoms. The molecule has 0 aliphatic rings. The quantitative estimate of drug-likeness (QED) is 0.638. The maximum atomic E-state index is 12.3. The lowest BCUT2D eigenvalue weighted by Crippen LogP contribution is -2.25. The van der Waals surface area contributed by atoms with Gasteiger partial charge in [-0.05, 0) is 18.2 Å². The summed E-state index contributed by atoms with van der Waals surface area (Å²) in [4.78, 5) is 24.2. The maximum absolute atomic E-state index is 12.3. The van der Waals surface area contributed by atoms with Crippen LogP contribution in [0.1, 0.15) is 12.0 Å². The minimum Gasteiger partial charge on any atom is -0.496 e. The number of aromatic nitrogens is 3. The molecule has 0 N–H and O–H groups in total. The molecule has 3 aromatic rings. The van der Waals surface area contributed by atoms with Crippen molar-refractivity contribution in [1.82, 2.24) is 15.0 Å². The van der Waals surface area contributed by atoms with Crippen LogP contribution in [0.5, 0.6) is 5.75 Å². The number of carbonyl (C=O) groups is 1. The number of hydrogen-bond acceptors (Lipinski definition) is 6. The molecule has 0 spiro atoms. The van der Waals surface area contributed by atoms with Crippen LogP contribution in [-0.2, 0) is 22.7 Å². The Hall–Kier alpha value is -3.22. The Bertz CT molecular complexity index is 952. The predicted molar refractivity (Wildman–Crippen MR) is 91.2 cm³/mol. The number of hydrogen-bond donors (Lipinski definition) is 0. The van der Waals surface area contributed by atoms with Gasteiger partial charge in [0.2, 0.25) is 0 Å². The molecular weight excluding hydrogens is 322 g/mol. The Kier molecular flexibility index (Phi) is 5.03. The summed E-state index contributed by atoms with van der Waals surface area (Å²) in [7, 11) is 1.56. The highest BCUT2D eigenvalue weighted by Crippen LogP contribution is 2.18. The Labute approximate surface area is 143 Å². The molecule has 7 nitrogen and oxygen atoms in total. The second kappa shape index (κ2) is 7.57. The zero-order valence-electron chi connectivity index (χ0n) is 13.7. The summed E-state index contributed by atoms with van der Waals surface area (Å²) >= 11 is 0. The largest absolute Gasteiger partial charge is 0.496 e. The Morgan fingerprint density at radius 2 is 1.88 bits per heavy atom. The highest BCUT2D eigenvalue weighted by atomic mass is 16.5. The van der Waals surface area contributed by atoms with Gasteiger partial charge in [0.25, 0.3) is 5.56 Å². The van der Waals surface area contributed by atoms with Gasteiger partial charge in [-0.1, -0.05) is 35.5 Å². The van der Waals surface area contributed by atoms with E-state index in [1.807, 2.05) is 18.2 Å². The van der Waals surface area contributed by atoms with Gasteiger partial charge in [0, 0.05) is 5.56 Å². The number of carbonyl (C=O) groups excluding carboxylic acids is 1. The van der Waals surface area contributed by atoms with Crippen molar-refractivity contribution in [2.75, 3.05) is 7.11 Å². The summed E-state index contributed by atoms with van der Waals surface area (Å²) in [5.74, 6) is 0.236. The van der Waals surface area contributed by atoms with Crippen LogP contribution in [0.2, 0.25) is 0 Å². The van der Waals surface area contributed by atoms with Crippen molar-refractivity contribution in [2.45, 2.75) is 19.6 Å². The second-order valence-corrected chi connectivity index (χ2v) is 5.36. The molecule has 0 fully saturated rings. The third kappa shape index (κ3) is 3.82. The van der Waals surface area contributed by atoms with Crippen LogP contribution in [0.15, 0.2) is 53.3 Å². The summed E-state index contributed by atoms with van der Waals surface area (Å²) in [6.45, 7) is 0.225. The third-order valence-corrected chi connectivity index (χ3v) is 3.74. The van der Waals surface area contributed by atoms with Gasteiger partial charge in [-0.15, -0.1) is 5.10 Å². The van der Waals surface area contributed by atoms with Crippen molar-refractivity contribution < 1.29 is 14.3 Å². The van der Waals surface area contributed by atoms with Gasteiger partial charge >= 0.3 is 5.97 Å². The van der Waals surface area contributed by atoms with Gasteiger partial charge in [-0.2, -0.15) is 0 Å². The summed E-state index contributed by atoms with van der Waals surface area (Å²) in [6.07, 6.45) is 0.0298. The van der Waals surface area contributed by atoms with Gasteiger partial charge in [0.15, 0.2) is 0 Å². The molecule has 0 aliphatic carbocycles. The molecule has 128 valence electrons. The summed E-state index contributed by atoms with van der Waals surface area (Å²) in [6, 6.07) is 14.3. The van der Waals surface area contributed by atoms with Crippen LogP contribution in [0.3, 0.4) is 0 Å². The zero-order valence-corrected chi connectivity index (χ0v) is 13.7.